The van der Waals surface area contributed by atoms with Crippen molar-refractivity contribution in [3.8, 4) is 175 Å². The lowest BCUT2D eigenvalue weighted by atomic mass is 9.99. The molecule has 0 amide bonds. The van der Waals surface area contributed by atoms with E-state index >= 15 is 0 Å². The van der Waals surface area contributed by atoms with Crippen molar-refractivity contribution in [3.05, 3.63) is 418 Å². The van der Waals surface area contributed by atoms with Crippen LogP contribution in [0.3, 0.4) is 0 Å². The second-order valence-corrected chi connectivity index (χ2v) is 28.2. The summed E-state index contributed by atoms with van der Waals surface area (Å²) in [5.41, 5.74) is 24.4. The van der Waals surface area contributed by atoms with Gasteiger partial charge in [0, 0.05) is 66.8 Å². The maximum Gasteiger partial charge on any atom is 0.335 e. The van der Waals surface area contributed by atoms with Crippen LogP contribution in [0.2, 0.25) is 0 Å². The Hall–Kier alpha value is -16.3. The molecular weight excluding hydrogens is 1450 g/mol. The first kappa shape index (κ1) is 74.5. The summed E-state index contributed by atoms with van der Waals surface area (Å²) in [6, 6.07) is 136. The highest BCUT2D eigenvalue weighted by Gasteiger charge is 2.22. The number of phenolic OH excluding ortho intramolecular Hbond substituents is 3. The van der Waals surface area contributed by atoms with Crippen molar-refractivity contribution in [1.82, 2.24) is 39.9 Å². The van der Waals surface area contributed by atoms with E-state index in [0.717, 1.165) is 141 Å². The molecule has 20 rings (SSSR count). The molecule has 0 bridgehead atoms. The fourth-order valence-corrected chi connectivity index (χ4v) is 14.6. The third-order valence-corrected chi connectivity index (χ3v) is 20.5. The molecule has 566 valence electrons. The standard InChI is InChI=1S/2C27H20N2O.C26H18N2O2.C25H18N2O/c30-24-13-7-12-23(18-24)27-28-25(21-10-5-2-6-11-21)26(29-27)22-16-14-20(15-17-22)19-8-3-1-4-9-19;30-24-17-15-23(16-18-24)27-28-25(21-9-5-2-6-10-21)26(29-27)22-13-11-20(12-14-22)19-7-3-1-4-8-19;29-26(30)20-15-13-19(14-16-20)25-27-23(18-8-2-1-3-9-18)24(28-25)22-12-6-10-17-7-4-5-11-21(17)22;28-20-13-6-12-19(16-20)25-26-23(18-9-2-1-3-10-18)24(27-25)22-15-7-11-17-8-4-5-14-21(17)22/h2*1-18,30H,(H,28,29);1-16H,(H,27,28)(H,29,30);1-16,28H,(H,26,27). The van der Waals surface area contributed by atoms with Gasteiger partial charge in [-0.05, 0) is 104 Å². The Morgan fingerprint density at radius 3 is 0.814 bits per heavy atom. The van der Waals surface area contributed by atoms with Crippen LogP contribution in [0.15, 0.2) is 413 Å². The molecule has 13 nitrogen and oxygen atoms in total. The number of aromatic carboxylic acids is 1. The van der Waals surface area contributed by atoms with Crippen LogP contribution in [0.5, 0.6) is 17.2 Å². The third-order valence-electron chi connectivity index (χ3n) is 20.5. The highest BCUT2D eigenvalue weighted by Crippen LogP contribution is 2.42. The van der Waals surface area contributed by atoms with Crippen LogP contribution in [0.4, 0.5) is 0 Å². The Labute approximate surface area is 681 Å². The van der Waals surface area contributed by atoms with E-state index in [2.05, 4.69) is 214 Å². The Bertz CT molecular complexity index is 6800. The lowest BCUT2D eigenvalue weighted by Crippen LogP contribution is -1.95. The molecule has 16 aromatic carbocycles. The van der Waals surface area contributed by atoms with E-state index in [-0.39, 0.29) is 22.8 Å². The average Bonchev–Trinajstić information content (AvgIpc) is 1.63. The molecule has 0 aliphatic rings. The van der Waals surface area contributed by atoms with Crippen LogP contribution in [-0.4, -0.2) is 66.3 Å². The van der Waals surface area contributed by atoms with Crippen LogP contribution in [0.1, 0.15) is 10.4 Å². The summed E-state index contributed by atoms with van der Waals surface area (Å²) in [6.45, 7) is 0. The molecule has 0 aliphatic heterocycles. The molecule has 4 aromatic heterocycles. The minimum absolute atomic E-state index is 0.221. The average molecular weight is 1530 g/mol. The van der Waals surface area contributed by atoms with Crippen molar-refractivity contribution in [2.45, 2.75) is 0 Å². The van der Waals surface area contributed by atoms with Gasteiger partial charge >= 0.3 is 5.97 Å². The first-order valence-corrected chi connectivity index (χ1v) is 38.7. The lowest BCUT2D eigenvalue weighted by molar-refractivity contribution is 0.0696. The molecule has 4 heterocycles. The summed E-state index contributed by atoms with van der Waals surface area (Å²) in [4.78, 5) is 44.8. The number of hydrogen-bond acceptors (Lipinski definition) is 8. The molecule has 0 radical (unpaired) electrons. The number of hydrogen-bond donors (Lipinski definition) is 8. The van der Waals surface area contributed by atoms with E-state index in [0.29, 0.717) is 5.82 Å². The van der Waals surface area contributed by atoms with Crippen molar-refractivity contribution >= 4 is 27.5 Å². The lowest BCUT2D eigenvalue weighted by Gasteiger charge is -2.07. The molecule has 8 N–H and O–H groups in total. The number of carbonyl (C=O) groups is 1. The predicted molar refractivity (Wildman–Crippen MR) is 477 cm³/mol. The van der Waals surface area contributed by atoms with Gasteiger partial charge in [-0.3, -0.25) is 0 Å². The minimum Gasteiger partial charge on any atom is -0.508 e. The van der Waals surface area contributed by atoms with Crippen molar-refractivity contribution < 1.29 is 25.2 Å². The van der Waals surface area contributed by atoms with Gasteiger partial charge in [-0.15, -0.1) is 0 Å². The second-order valence-electron chi connectivity index (χ2n) is 28.2. The number of aromatic nitrogens is 8. The zero-order valence-electron chi connectivity index (χ0n) is 63.7. The molecular formula is C105H76N8O5. The summed E-state index contributed by atoms with van der Waals surface area (Å²) in [5.74, 6) is 2.68. The highest BCUT2D eigenvalue weighted by molar-refractivity contribution is 6.01. The number of carboxylic acids is 1. The van der Waals surface area contributed by atoms with Crippen LogP contribution < -0.4 is 0 Å². The van der Waals surface area contributed by atoms with Gasteiger partial charge < -0.3 is 40.4 Å². The number of benzene rings is 16. The Morgan fingerprint density at radius 1 is 0.212 bits per heavy atom. The Kier molecular flexibility index (Phi) is 21.7. The van der Waals surface area contributed by atoms with E-state index < -0.39 is 5.97 Å². The summed E-state index contributed by atoms with van der Waals surface area (Å²) in [7, 11) is 0. The maximum absolute atomic E-state index is 11.2. The summed E-state index contributed by atoms with van der Waals surface area (Å²) in [6.07, 6.45) is 0. The van der Waals surface area contributed by atoms with Crippen molar-refractivity contribution in [1.29, 1.82) is 0 Å². The summed E-state index contributed by atoms with van der Waals surface area (Å²) >= 11 is 0. The van der Waals surface area contributed by atoms with E-state index in [9.17, 15) is 20.1 Å². The molecule has 0 atom stereocenters. The molecule has 118 heavy (non-hydrogen) atoms. The van der Waals surface area contributed by atoms with Crippen molar-refractivity contribution in [2.24, 2.45) is 0 Å². The van der Waals surface area contributed by atoms with Crippen molar-refractivity contribution in [3.63, 3.8) is 0 Å². The summed E-state index contributed by atoms with van der Waals surface area (Å²) in [5, 5.41) is 43.2. The number of carboxylic acid groups (broad SMARTS) is 1. The topological polar surface area (TPSA) is 213 Å². The fraction of sp³-hybridized carbons (Fsp3) is 0. The van der Waals surface area contributed by atoms with E-state index in [1.807, 2.05) is 158 Å². The van der Waals surface area contributed by atoms with Gasteiger partial charge in [0.2, 0.25) is 0 Å². The quantitative estimate of drug-likeness (QED) is 0.0490. The molecule has 0 fully saturated rings. The second kappa shape index (κ2) is 34.4. The monoisotopic (exact) mass is 1530 g/mol. The van der Waals surface area contributed by atoms with Gasteiger partial charge in [0.05, 0.1) is 51.1 Å². The third kappa shape index (κ3) is 16.6. The molecule has 0 saturated carbocycles. The number of H-pyrrole nitrogens is 4. The molecule has 0 spiro atoms. The van der Waals surface area contributed by atoms with Gasteiger partial charge in [-0.1, -0.05) is 352 Å². The Balaban J connectivity index is 0.000000113. The zero-order chi connectivity index (χ0) is 80.1. The molecule has 0 aliphatic carbocycles. The molecule has 13 heteroatoms. The number of fused-ring (bicyclic) bond motifs is 2. The van der Waals surface area contributed by atoms with Gasteiger partial charge in [0.25, 0.3) is 0 Å². The highest BCUT2D eigenvalue weighted by atomic mass is 16.4. The number of nitrogens with one attached hydrogen (secondary N) is 4. The van der Waals surface area contributed by atoms with Crippen LogP contribution in [-0.2, 0) is 0 Å². The van der Waals surface area contributed by atoms with Crippen LogP contribution >= 0.6 is 0 Å². The number of aromatic hydroxyl groups is 3. The van der Waals surface area contributed by atoms with Gasteiger partial charge in [0.15, 0.2) is 0 Å². The Morgan fingerprint density at radius 2 is 0.466 bits per heavy atom. The molecule has 0 saturated heterocycles. The fourth-order valence-electron chi connectivity index (χ4n) is 14.6. The first-order chi connectivity index (χ1) is 58.0. The summed E-state index contributed by atoms with van der Waals surface area (Å²) < 4.78 is 0. The van der Waals surface area contributed by atoms with E-state index in [1.165, 1.54) is 33.0 Å². The number of phenols is 3. The zero-order valence-corrected chi connectivity index (χ0v) is 63.7. The normalized spacial score (nSPS) is 10.9. The number of imidazole rings is 4. The molecule has 0 unspecified atom stereocenters. The van der Waals surface area contributed by atoms with Gasteiger partial charge in [-0.25, -0.2) is 24.7 Å². The number of rotatable bonds is 15. The van der Waals surface area contributed by atoms with Crippen LogP contribution in [0.25, 0.3) is 179 Å². The SMILES string of the molecule is O=C(O)c1ccc(-c2nc(-c3ccccc3)c(-c3cccc4ccccc34)[nH]2)cc1.Oc1ccc(-c2nc(-c3ccccc3)c(-c3ccc(-c4ccccc4)cc3)[nH]2)cc1.Oc1cccc(-c2nc(-c3ccccc3)c(-c3ccc(-c4ccccc4)cc3)[nH]2)c1.Oc1cccc(-c2nc(-c3ccccc3)c(-c3cccc4ccccc34)[nH]2)c1. The number of aromatic amines is 4. The van der Waals surface area contributed by atoms with E-state index in [4.69, 9.17) is 25.0 Å². The largest absolute Gasteiger partial charge is 0.508 e. The predicted octanol–water partition coefficient (Wildman–Crippen LogP) is 26.1. The van der Waals surface area contributed by atoms with Gasteiger partial charge in [-0.2, -0.15) is 0 Å². The maximum atomic E-state index is 11.2. The smallest absolute Gasteiger partial charge is 0.335 e. The molecule has 20 aromatic rings. The van der Waals surface area contributed by atoms with Crippen molar-refractivity contribution in [2.75, 3.05) is 0 Å². The minimum atomic E-state index is -0.942. The van der Waals surface area contributed by atoms with E-state index in [1.54, 1.807) is 60.7 Å². The van der Waals surface area contributed by atoms with Gasteiger partial charge in [0.1, 0.15) is 40.5 Å². The number of nitrogens with zero attached hydrogens (tertiary/aromatic N) is 4. The first-order valence-electron chi connectivity index (χ1n) is 38.7. The van der Waals surface area contributed by atoms with Crippen LogP contribution in [0, 0.1) is 0 Å².